The number of hydrogen-bond donors (Lipinski definition) is 5. The van der Waals surface area contributed by atoms with Crippen LogP contribution in [0.2, 0.25) is 15.1 Å². The smallest absolute Gasteiger partial charge is 0.267 e. The molecule has 6 aromatic carbocycles. The number of benzene rings is 6. The van der Waals surface area contributed by atoms with Gasteiger partial charge in [-0.2, -0.15) is 0 Å². The van der Waals surface area contributed by atoms with Gasteiger partial charge in [0, 0.05) is 43.3 Å². The average Bonchev–Trinajstić information content (AvgIpc) is 0.768. The molecule has 3 atom stereocenters. The van der Waals surface area contributed by atoms with E-state index in [2.05, 4.69) is 60.5 Å². The third kappa shape index (κ3) is 14.6. The number of halogens is 9. The van der Waals surface area contributed by atoms with Crippen molar-refractivity contribution < 1.29 is 35.9 Å². The van der Waals surface area contributed by atoms with Gasteiger partial charge in [0.2, 0.25) is 0 Å². The topological polar surface area (TPSA) is 319 Å². The first-order valence-electron chi connectivity index (χ1n) is 30.8. The molecule has 0 radical (unpaired) electrons. The van der Waals surface area contributed by atoms with Gasteiger partial charge < -0.3 is 26.3 Å². The standard InChI is InChI=1S/C24H16ClF2N5O2.C23H15ClF2N6O2.C16H12ClF2N3O.C8H6N2O2/c1-12(30-22-21-17(28-11-29-22)5-3-7-19(21)33)23-31-18-6-2-4-16(25)20(18)24(34)32(23)15-9-13(26)8-14(27)10-15;1-11(30-21-19-17(33)5-6-27-20(19)28-10-29-21)22-31-16-4-2-3-15(24)18(16)23(34)32(22)14-8-12(25)7-13(26)9-14;1-8(20)15-21-13-4-2-3-12(17)14(13)16(23)22(15)11-6-9(18)5-10(19)7-11;11-6-3-1-2-5-7(6)8(12)10-4-9-5/h2-4,6-12H,5H2,1H3,(H,28,29,30);2-11H,1H3,(H2,27,28,29,30,33);2-8H,20H2,1H3;1,3-4H,2H2,(H,9,10,12)/t12-;11-;8-;/m000./s1. The second-order valence-corrected chi connectivity index (χ2v) is 24.2. The summed E-state index contributed by atoms with van der Waals surface area (Å²) in [4.78, 5) is 126. The first-order chi connectivity index (χ1) is 49.3. The lowest BCUT2D eigenvalue weighted by Crippen LogP contribution is -2.28. The Balaban J connectivity index is 0.000000137. The Kier molecular flexibility index (Phi) is 20.3. The van der Waals surface area contributed by atoms with Gasteiger partial charge in [-0.3, -0.25) is 47.3 Å². The Labute approximate surface area is 589 Å². The summed E-state index contributed by atoms with van der Waals surface area (Å²) < 4.78 is 86.6. The minimum absolute atomic E-state index is 0.00844. The summed E-state index contributed by atoms with van der Waals surface area (Å²) in [5.74, 6) is -4.60. The average molecular weight is 1460 g/mol. The molecule has 7 heterocycles. The molecule has 0 saturated carbocycles. The third-order valence-electron chi connectivity index (χ3n) is 15.9. The molecule has 0 fully saturated rings. The van der Waals surface area contributed by atoms with Gasteiger partial charge in [-0.15, -0.1) is 0 Å². The van der Waals surface area contributed by atoms with Crippen molar-refractivity contribution in [3.8, 4) is 17.1 Å². The number of nitrogens with two attached hydrogens (primary N) is 1. The first-order valence-corrected chi connectivity index (χ1v) is 31.9. The monoisotopic (exact) mass is 1460 g/mol. The molecule has 0 spiro atoms. The van der Waals surface area contributed by atoms with Crippen LogP contribution in [0, 0.1) is 34.9 Å². The van der Waals surface area contributed by atoms with Crippen LogP contribution in [0.15, 0.2) is 189 Å². The van der Waals surface area contributed by atoms with Crippen LogP contribution in [0.5, 0.6) is 0 Å². The van der Waals surface area contributed by atoms with Crippen molar-refractivity contribution in [3.63, 3.8) is 0 Å². The predicted molar refractivity (Wildman–Crippen MR) is 375 cm³/mol. The highest BCUT2D eigenvalue weighted by Crippen LogP contribution is 2.31. The molecule has 2 aliphatic carbocycles. The molecule has 0 saturated heterocycles. The van der Waals surface area contributed by atoms with Crippen molar-refractivity contribution in [2.24, 2.45) is 5.73 Å². The van der Waals surface area contributed by atoms with E-state index in [0.717, 1.165) is 56.2 Å². The summed E-state index contributed by atoms with van der Waals surface area (Å²) in [6.07, 6.45) is 12.7. The molecular weight excluding hydrogens is 1410 g/mol. The van der Waals surface area contributed by atoms with Crippen molar-refractivity contribution >= 4 is 102 Å². The zero-order valence-corrected chi connectivity index (χ0v) is 55.8. The van der Waals surface area contributed by atoms with Gasteiger partial charge in [0.05, 0.1) is 106 Å². The Morgan fingerprint density at radius 2 is 0.864 bits per heavy atom. The highest BCUT2D eigenvalue weighted by molar-refractivity contribution is 6.36. The molecule has 7 aromatic heterocycles. The van der Waals surface area contributed by atoms with E-state index in [4.69, 9.17) is 40.5 Å². The molecule has 518 valence electrons. The van der Waals surface area contributed by atoms with Crippen LogP contribution in [0.1, 0.15) is 88.5 Å². The van der Waals surface area contributed by atoms with Crippen molar-refractivity contribution in [1.29, 1.82) is 0 Å². The van der Waals surface area contributed by atoms with Crippen LogP contribution in [0.4, 0.5) is 38.0 Å². The molecule has 32 heteroatoms. The quantitative estimate of drug-likeness (QED) is 0.0794. The molecule has 0 unspecified atom stereocenters. The molecule has 23 nitrogen and oxygen atoms in total. The van der Waals surface area contributed by atoms with Crippen LogP contribution in [-0.2, 0) is 12.8 Å². The van der Waals surface area contributed by atoms with E-state index in [1.807, 2.05) is 0 Å². The molecular formula is C71H49Cl3F6N16O7. The van der Waals surface area contributed by atoms with Gasteiger partial charge in [-0.05, 0) is 106 Å². The third-order valence-corrected chi connectivity index (χ3v) is 16.8. The SMILES string of the molecule is C[C@H](N)c1nc2cccc(Cl)c2c(=O)n1-c1cc(F)cc(F)c1.C[C@H](Nc1ncnc2[nH]ccc(=O)c12)c1nc2cccc(Cl)c2c(=O)n1-c1cc(F)cc(F)c1.C[C@H](Nc1ncnc2c1C(=O)C=CC2)c1nc2cccc(Cl)c2c(=O)n1-c1cc(F)cc(F)c1.O=C1C=CCc2nc[nH]c(=O)c21. The molecule has 0 bridgehead atoms. The van der Waals surface area contributed by atoms with Crippen LogP contribution in [0.3, 0.4) is 0 Å². The van der Waals surface area contributed by atoms with Crippen LogP contribution >= 0.6 is 34.8 Å². The zero-order valence-electron chi connectivity index (χ0n) is 53.5. The van der Waals surface area contributed by atoms with E-state index in [0.29, 0.717) is 64.1 Å². The largest absolute Gasteiger partial charge is 0.360 e. The van der Waals surface area contributed by atoms with E-state index < -0.39 is 69.7 Å². The number of anilines is 2. The fraction of sp³-hybridized carbons (Fsp3) is 0.113. The fourth-order valence-electron chi connectivity index (χ4n) is 11.4. The number of H-pyrrole nitrogens is 2. The highest BCUT2D eigenvalue weighted by Gasteiger charge is 2.27. The van der Waals surface area contributed by atoms with Crippen molar-refractivity contribution in [1.82, 2.24) is 63.5 Å². The van der Waals surface area contributed by atoms with Gasteiger partial charge >= 0.3 is 0 Å². The summed E-state index contributed by atoms with van der Waals surface area (Å²) in [6, 6.07) is 22.0. The second kappa shape index (κ2) is 29.6. The number of rotatable bonds is 10. The Bertz CT molecular complexity index is 5970. The summed E-state index contributed by atoms with van der Waals surface area (Å²) in [5.41, 5.74) is 6.35. The number of carbonyl (C=O) groups is 2. The molecule has 0 aliphatic heterocycles. The van der Waals surface area contributed by atoms with Gasteiger partial charge in [0.25, 0.3) is 22.2 Å². The van der Waals surface area contributed by atoms with E-state index in [1.165, 1.54) is 55.5 Å². The lowest BCUT2D eigenvalue weighted by atomic mass is 10.0. The highest BCUT2D eigenvalue weighted by atomic mass is 35.5. The molecule has 103 heavy (non-hydrogen) atoms. The summed E-state index contributed by atoms with van der Waals surface area (Å²) in [6.45, 7) is 5.00. The van der Waals surface area contributed by atoms with E-state index in [-0.39, 0.29) is 111 Å². The van der Waals surface area contributed by atoms with E-state index in [9.17, 15) is 59.9 Å². The maximum absolute atomic E-state index is 14.1. The number of aromatic nitrogens is 13. The Morgan fingerprint density at radius 3 is 1.31 bits per heavy atom. The zero-order chi connectivity index (χ0) is 73.2. The molecule has 2 aliphatic rings. The molecule has 13 aromatic rings. The van der Waals surface area contributed by atoms with Crippen molar-refractivity contribution in [2.45, 2.75) is 51.7 Å². The molecule has 0 amide bonds. The first kappa shape index (κ1) is 70.7. The molecule has 15 rings (SSSR count). The lowest BCUT2D eigenvalue weighted by Gasteiger charge is -2.22. The normalized spacial score (nSPS) is 13.1. The Morgan fingerprint density at radius 1 is 0.466 bits per heavy atom. The van der Waals surface area contributed by atoms with E-state index >= 15 is 0 Å². The maximum atomic E-state index is 14.1. The number of nitrogens with one attached hydrogen (secondary N) is 4. The van der Waals surface area contributed by atoms with Crippen LogP contribution in [-0.4, -0.2) is 75.1 Å². The number of nitrogens with zero attached hydrogens (tertiary/aromatic N) is 11. The van der Waals surface area contributed by atoms with Crippen LogP contribution < -0.4 is 44.0 Å². The number of fused-ring (bicyclic) bond motifs is 6. The second-order valence-electron chi connectivity index (χ2n) is 23.0. The van der Waals surface area contributed by atoms with Gasteiger partial charge in [-0.25, -0.2) is 66.2 Å². The van der Waals surface area contributed by atoms with Gasteiger partial charge in [0.1, 0.15) is 93.3 Å². The fourth-order valence-corrected chi connectivity index (χ4v) is 12.2. The number of allylic oxidation sites excluding steroid dienone is 4. The van der Waals surface area contributed by atoms with Crippen molar-refractivity contribution in [3.05, 3.63) is 306 Å². The number of ketones is 2. The number of hydrogen-bond acceptors (Lipinski definition) is 18. The van der Waals surface area contributed by atoms with E-state index in [1.54, 1.807) is 75.4 Å². The number of carbonyl (C=O) groups excluding carboxylic acids is 2. The minimum atomic E-state index is -0.860. The van der Waals surface area contributed by atoms with Gasteiger partial charge in [0.15, 0.2) is 17.0 Å². The van der Waals surface area contributed by atoms with Crippen molar-refractivity contribution in [2.75, 3.05) is 10.6 Å². The predicted octanol–water partition coefficient (Wildman–Crippen LogP) is 12.1. The summed E-state index contributed by atoms with van der Waals surface area (Å²) in [7, 11) is 0. The Hall–Kier alpha value is -12.2. The maximum Gasteiger partial charge on any atom is 0.267 e. The molecule has 6 N–H and O–H groups in total. The summed E-state index contributed by atoms with van der Waals surface area (Å²) >= 11 is 18.6. The lowest BCUT2D eigenvalue weighted by molar-refractivity contribution is 0.103. The summed E-state index contributed by atoms with van der Waals surface area (Å²) in [5, 5.41) is 7.32. The minimum Gasteiger partial charge on any atom is -0.360 e. The number of aromatic amines is 2. The number of pyridine rings is 1. The van der Waals surface area contributed by atoms with Crippen LogP contribution in [0.25, 0.3) is 60.8 Å². The van der Waals surface area contributed by atoms with Gasteiger partial charge in [-0.1, -0.05) is 65.2 Å².